The number of hydrogen-bond acceptors (Lipinski definition) is 7. The highest BCUT2D eigenvalue weighted by atomic mass is 16.5. The molecule has 0 aliphatic carbocycles. The molecule has 1 amide bonds. The first-order valence-corrected chi connectivity index (χ1v) is 8.86. The van der Waals surface area contributed by atoms with Gasteiger partial charge in [-0.05, 0) is 37.0 Å². The van der Waals surface area contributed by atoms with Gasteiger partial charge in [0.2, 0.25) is 5.95 Å². The second-order valence-electron chi connectivity index (χ2n) is 6.72. The smallest absolute Gasteiger partial charge is 0.284 e. The van der Waals surface area contributed by atoms with E-state index in [4.69, 9.17) is 14.9 Å². The molecule has 4 N–H and O–H groups in total. The first-order valence-electron chi connectivity index (χ1n) is 8.86. The van der Waals surface area contributed by atoms with Gasteiger partial charge in [-0.25, -0.2) is 4.98 Å². The van der Waals surface area contributed by atoms with Crippen molar-refractivity contribution in [2.45, 2.75) is 45.4 Å². The molecule has 1 aliphatic heterocycles. The molecule has 3 heterocycles. The van der Waals surface area contributed by atoms with E-state index >= 15 is 0 Å². The molecule has 2 aromatic heterocycles. The summed E-state index contributed by atoms with van der Waals surface area (Å²) in [5.41, 5.74) is 5.18. The number of furan rings is 1. The molecule has 0 unspecified atom stereocenters. The van der Waals surface area contributed by atoms with Crippen molar-refractivity contribution in [2.24, 2.45) is 11.7 Å². The number of anilines is 2. The van der Waals surface area contributed by atoms with Crippen LogP contribution in [-0.4, -0.2) is 34.6 Å². The van der Waals surface area contributed by atoms with Crippen molar-refractivity contribution >= 4 is 17.7 Å². The first-order chi connectivity index (χ1) is 12.5. The van der Waals surface area contributed by atoms with Gasteiger partial charge < -0.3 is 25.5 Å². The van der Waals surface area contributed by atoms with Crippen LogP contribution < -0.4 is 16.4 Å². The van der Waals surface area contributed by atoms with E-state index in [1.807, 2.05) is 6.07 Å². The summed E-state index contributed by atoms with van der Waals surface area (Å²) >= 11 is 0. The largest absolute Gasteiger partial charge is 0.454 e. The topological polar surface area (TPSA) is 115 Å². The van der Waals surface area contributed by atoms with Gasteiger partial charge in [-0.15, -0.1) is 0 Å². The van der Waals surface area contributed by atoms with Crippen molar-refractivity contribution in [3.05, 3.63) is 35.9 Å². The fourth-order valence-corrected chi connectivity index (χ4v) is 3.10. The van der Waals surface area contributed by atoms with Crippen LogP contribution in [0, 0.1) is 5.92 Å². The number of rotatable bonds is 7. The van der Waals surface area contributed by atoms with Gasteiger partial charge in [-0.1, -0.05) is 13.8 Å². The predicted octanol–water partition coefficient (Wildman–Crippen LogP) is 2.40. The Labute approximate surface area is 152 Å². The summed E-state index contributed by atoms with van der Waals surface area (Å²) in [6.07, 6.45) is 3.96. The Bertz CT molecular complexity index is 746. The average molecular weight is 359 g/mol. The second kappa shape index (κ2) is 8.18. The highest BCUT2D eigenvalue weighted by Crippen LogP contribution is 2.23. The summed E-state index contributed by atoms with van der Waals surface area (Å²) in [5.74, 6) is 1.79. The monoisotopic (exact) mass is 359 g/mol. The minimum Gasteiger partial charge on any atom is -0.454 e. The van der Waals surface area contributed by atoms with Crippen LogP contribution in [0.1, 0.15) is 43.0 Å². The van der Waals surface area contributed by atoms with Crippen molar-refractivity contribution in [1.29, 1.82) is 0 Å². The van der Waals surface area contributed by atoms with E-state index in [1.54, 1.807) is 18.3 Å². The summed E-state index contributed by atoms with van der Waals surface area (Å²) in [6.45, 7) is 5.51. The Hall–Kier alpha value is -2.61. The maximum absolute atomic E-state index is 11.1. The Balaban J connectivity index is 1.61. The normalized spacial score (nSPS) is 20.1. The van der Waals surface area contributed by atoms with E-state index in [0.29, 0.717) is 24.2 Å². The Morgan fingerprint density at radius 3 is 2.96 bits per heavy atom. The quantitative estimate of drug-likeness (QED) is 0.695. The maximum Gasteiger partial charge on any atom is 0.284 e. The zero-order valence-corrected chi connectivity index (χ0v) is 15.1. The van der Waals surface area contributed by atoms with Gasteiger partial charge in [0.15, 0.2) is 5.76 Å². The Morgan fingerprint density at radius 1 is 1.38 bits per heavy atom. The van der Waals surface area contributed by atoms with Crippen molar-refractivity contribution in [3.8, 4) is 0 Å². The fourth-order valence-electron chi connectivity index (χ4n) is 3.10. The minimum atomic E-state index is -0.590. The molecule has 1 fully saturated rings. The van der Waals surface area contributed by atoms with E-state index in [0.717, 1.165) is 25.3 Å². The number of nitrogens with zero attached hydrogens (tertiary/aromatic N) is 2. The van der Waals surface area contributed by atoms with Crippen molar-refractivity contribution in [2.75, 3.05) is 17.2 Å². The number of primary amides is 1. The highest BCUT2D eigenvalue weighted by Gasteiger charge is 2.28. The summed E-state index contributed by atoms with van der Waals surface area (Å²) in [7, 11) is 0. The van der Waals surface area contributed by atoms with Crippen molar-refractivity contribution < 1.29 is 13.9 Å². The third-order valence-corrected chi connectivity index (χ3v) is 4.34. The number of nitrogens with two attached hydrogens (primary N) is 1. The van der Waals surface area contributed by atoms with Crippen LogP contribution in [0.4, 0.5) is 11.8 Å². The molecule has 2 atom stereocenters. The lowest BCUT2D eigenvalue weighted by Gasteiger charge is -2.35. The van der Waals surface area contributed by atoms with Gasteiger partial charge >= 0.3 is 0 Å². The van der Waals surface area contributed by atoms with E-state index in [2.05, 4.69) is 34.4 Å². The van der Waals surface area contributed by atoms with E-state index in [-0.39, 0.29) is 17.9 Å². The van der Waals surface area contributed by atoms with E-state index < -0.39 is 5.91 Å². The number of nitrogens with one attached hydrogen (secondary N) is 2. The van der Waals surface area contributed by atoms with Crippen LogP contribution in [-0.2, 0) is 11.3 Å². The van der Waals surface area contributed by atoms with Gasteiger partial charge in [-0.3, -0.25) is 4.79 Å². The Kier molecular flexibility index (Phi) is 5.72. The number of amides is 1. The first kappa shape index (κ1) is 18.2. The van der Waals surface area contributed by atoms with Gasteiger partial charge in [0, 0.05) is 12.8 Å². The molecule has 0 spiro atoms. The lowest BCUT2D eigenvalue weighted by atomic mass is 9.94. The maximum atomic E-state index is 11.1. The lowest BCUT2D eigenvalue weighted by Crippen LogP contribution is -2.43. The van der Waals surface area contributed by atoms with E-state index in [9.17, 15) is 4.79 Å². The number of ether oxygens (including phenoxy) is 1. The van der Waals surface area contributed by atoms with Gasteiger partial charge in [0.1, 0.15) is 11.6 Å². The van der Waals surface area contributed by atoms with Gasteiger partial charge in [0.05, 0.1) is 18.7 Å². The predicted molar refractivity (Wildman–Crippen MR) is 97.8 cm³/mol. The van der Waals surface area contributed by atoms with Crippen LogP contribution in [0.15, 0.2) is 28.8 Å². The third kappa shape index (κ3) is 4.51. The van der Waals surface area contributed by atoms with Crippen LogP contribution in [0.25, 0.3) is 0 Å². The van der Waals surface area contributed by atoms with Crippen molar-refractivity contribution in [1.82, 2.24) is 9.97 Å². The number of carbonyl (C=O) groups excluding carboxylic acids is 1. The molecule has 0 radical (unpaired) electrons. The molecule has 140 valence electrons. The van der Waals surface area contributed by atoms with Crippen LogP contribution >= 0.6 is 0 Å². The molecular formula is C18H25N5O3. The molecule has 1 saturated heterocycles. The van der Waals surface area contributed by atoms with Crippen LogP contribution in [0.3, 0.4) is 0 Å². The standard InChI is InChI=1S/C18H25N5O3/c1-11(2)16-13(4-3-9-25-16)22-15-7-8-20-18(23-15)21-10-12-5-6-14(26-12)17(19)24/h5-8,11,13,16H,3-4,9-10H2,1-2H3,(H2,19,24)(H2,20,21,22,23)/t13-,16+/m0/s1. The summed E-state index contributed by atoms with van der Waals surface area (Å²) in [5, 5.41) is 6.55. The summed E-state index contributed by atoms with van der Waals surface area (Å²) < 4.78 is 11.2. The lowest BCUT2D eigenvalue weighted by molar-refractivity contribution is -0.0203. The molecule has 3 rings (SSSR count). The molecule has 8 heteroatoms. The molecule has 0 saturated carbocycles. The molecule has 8 nitrogen and oxygen atoms in total. The van der Waals surface area contributed by atoms with Gasteiger partial charge in [0.25, 0.3) is 5.91 Å². The number of aromatic nitrogens is 2. The van der Waals surface area contributed by atoms with Crippen molar-refractivity contribution in [3.63, 3.8) is 0 Å². The average Bonchev–Trinajstić information content (AvgIpc) is 3.10. The third-order valence-electron chi connectivity index (χ3n) is 4.34. The molecular weight excluding hydrogens is 334 g/mol. The number of hydrogen-bond donors (Lipinski definition) is 3. The zero-order chi connectivity index (χ0) is 18.5. The van der Waals surface area contributed by atoms with E-state index in [1.165, 1.54) is 0 Å². The molecule has 0 bridgehead atoms. The zero-order valence-electron chi connectivity index (χ0n) is 15.1. The number of carbonyl (C=O) groups is 1. The molecule has 0 aromatic carbocycles. The van der Waals surface area contributed by atoms with Crippen LogP contribution in [0.5, 0.6) is 0 Å². The minimum absolute atomic E-state index is 0.134. The van der Waals surface area contributed by atoms with Gasteiger partial charge in [-0.2, -0.15) is 4.98 Å². The summed E-state index contributed by atoms with van der Waals surface area (Å²) in [4.78, 5) is 19.8. The molecule has 1 aliphatic rings. The second-order valence-corrected chi connectivity index (χ2v) is 6.72. The molecule has 2 aromatic rings. The van der Waals surface area contributed by atoms with Crippen LogP contribution in [0.2, 0.25) is 0 Å². The summed E-state index contributed by atoms with van der Waals surface area (Å²) in [6, 6.07) is 5.32. The Morgan fingerprint density at radius 2 is 2.23 bits per heavy atom. The molecule has 26 heavy (non-hydrogen) atoms. The SMILES string of the molecule is CC(C)[C@H]1OCCC[C@@H]1Nc1ccnc(NCc2ccc(C(N)=O)o2)n1. The fraction of sp³-hybridized carbons (Fsp3) is 0.500. The highest BCUT2D eigenvalue weighted by molar-refractivity contribution is 5.89.